The van der Waals surface area contributed by atoms with Gasteiger partial charge in [0.2, 0.25) is 5.69 Å². The molecule has 4 rings (SSSR count). The summed E-state index contributed by atoms with van der Waals surface area (Å²) in [5, 5.41) is 4.21. The predicted molar refractivity (Wildman–Crippen MR) is 131 cm³/mol. The highest BCUT2D eigenvalue weighted by Crippen LogP contribution is 2.19. The average molecular weight is 493 g/mol. The number of hydrogen-bond donors (Lipinski definition) is 0. The van der Waals surface area contributed by atoms with E-state index in [1.807, 2.05) is 6.07 Å². The fourth-order valence-corrected chi connectivity index (χ4v) is 4.23. The molecule has 0 bridgehead atoms. The maximum atomic E-state index is 13.5. The number of hydrogen-bond acceptors (Lipinski definition) is 7. The summed E-state index contributed by atoms with van der Waals surface area (Å²) in [4.78, 5) is 54.1. The van der Waals surface area contributed by atoms with Gasteiger partial charge in [0.15, 0.2) is 0 Å². The Bertz CT molecular complexity index is 1360. The number of piperidine rings is 1. The first-order chi connectivity index (χ1) is 17.4. The maximum Gasteiger partial charge on any atom is 0.352 e. The van der Waals surface area contributed by atoms with Crippen molar-refractivity contribution in [2.45, 2.75) is 26.3 Å². The van der Waals surface area contributed by atoms with Crippen LogP contribution in [0.2, 0.25) is 0 Å². The summed E-state index contributed by atoms with van der Waals surface area (Å²) in [7, 11) is 1.50. The van der Waals surface area contributed by atoms with Gasteiger partial charge in [-0.05, 0) is 37.5 Å². The molecule has 0 spiro atoms. The third kappa shape index (κ3) is 5.22. The topological polar surface area (TPSA) is 113 Å². The molecule has 0 unspecified atom stereocenters. The first kappa shape index (κ1) is 24.9. The van der Waals surface area contributed by atoms with Gasteiger partial charge in [0.1, 0.15) is 5.75 Å². The number of amides is 1. The van der Waals surface area contributed by atoms with Crippen LogP contribution >= 0.6 is 0 Å². The normalized spacial score (nSPS) is 15.4. The number of nitrogens with zero attached hydrogens (tertiary/aromatic N) is 4. The third-order valence-electron chi connectivity index (χ3n) is 6.07. The second-order valence-electron chi connectivity index (χ2n) is 8.46. The molecule has 0 saturated carbocycles. The van der Waals surface area contributed by atoms with Gasteiger partial charge in [0.25, 0.3) is 11.5 Å². The molecule has 0 N–H and O–H groups in total. The fraction of sp³-hybridized carbons (Fsp3) is 0.346. The van der Waals surface area contributed by atoms with E-state index in [4.69, 9.17) is 9.47 Å². The Morgan fingerprint density at radius 3 is 2.58 bits per heavy atom. The van der Waals surface area contributed by atoms with Crippen LogP contribution in [0.15, 0.2) is 64.2 Å². The smallest absolute Gasteiger partial charge is 0.352 e. The van der Waals surface area contributed by atoms with Crippen molar-refractivity contribution in [2.24, 2.45) is 5.92 Å². The Labute approximate surface area is 207 Å². The van der Waals surface area contributed by atoms with Crippen molar-refractivity contribution >= 4 is 11.9 Å². The summed E-state index contributed by atoms with van der Waals surface area (Å²) in [6.45, 7) is 2.43. The molecule has 188 valence electrons. The molecule has 1 aliphatic heterocycles. The summed E-state index contributed by atoms with van der Waals surface area (Å²) >= 11 is 0. The lowest BCUT2D eigenvalue weighted by atomic mass is 9.98. The number of carbonyl (C=O) groups is 2. The largest absolute Gasteiger partial charge is 0.497 e. The minimum atomic E-state index is -0.786. The van der Waals surface area contributed by atoms with Crippen LogP contribution in [-0.2, 0) is 16.1 Å². The molecule has 1 atom stereocenters. The van der Waals surface area contributed by atoms with Gasteiger partial charge in [-0.15, -0.1) is 0 Å². The Morgan fingerprint density at radius 2 is 1.86 bits per heavy atom. The number of ether oxygens (including phenoxy) is 2. The average Bonchev–Trinajstić information content (AvgIpc) is 2.91. The number of benzene rings is 2. The zero-order valence-corrected chi connectivity index (χ0v) is 20.3. The van der Waals surface area contributed by atoms with Gasteiger partial charge < -0.3 is 14.4 Å². The molecule has 2 aromatic carbocycles. The summed E-state index contributed by atoms with van der Waals surface area (Å²) in [5.74, 6) is -0.986. The van der Waals surface area contributed by atoms with Crippen LogP contribution in [0.1, 0.15) is 35.8 Å². The molecule has 1 saturated heterocycles. The lowest BCUT2D eigenvalue weighted by Gasteiger charge is -2.31. The first-order valence-electron chi connectivity index (χ1n) is 11.8. The highest BCUT2D eigenvalue weighted by molar-refractivity contribution is 5.92. The van der Waals surface area contributed by atoms with Crippen LogP contribution in [0.25, 0.3) is 5.69 Å². The van der Waals surface area contributed by atoms with Crippen molar-refractivity contribution in [3.05, 3.63) is 86.7 Å². The fourth-order valence-electron chi connectivity index (χ4n) is 4.23. The lowest BCUT2D eigenvalue weighted by Crippen LogP contribution is -2.49. The van der Waals surface area contributed by atoms with Crippen molar-refractivity contribution in [1.29, 1.82) is 0 Å². The minimum absolute atomic E-state index is 0.0310. The van der Waals surface area contributed by atoms with Crippen molar-refractivity contribution in [1.82, 2.24) is 19.2 Å². The molecule has 36 heavy (non-hydrogen) atoms. The van der Waals surface area contributed by atoms with Gasteiger partial charge in [-0.2, -0.15) is 9.78 Å². The Morgan fingerprint density at radius 1 is 1.08 bits per heavy atom. The van der Waals surface area contributed by atoms with E-state index in [-0.39, 0.29) is 25.7 Å². The van der Waals surface area contributed by atoms with Crippen molar-refractivity contribution in [2.75, 3.05) is 26.8 Å². The number of rotatable bonds is 7. The molecule has 2 heterocycles. The molecule has 3 aromatic rings. The summed E-state index contributed by atoms with van der Waals surface area (Å²) in [5.41, 5.74) is -0.794. The zero-order chi connectivity index (χ0) is 25.7. The molecule has 0 radical (unpaired) electrons. The van der Waals surface area contributed by atoms with E-state index in [9.17, 15) is 19.2 Å². The molecular formula is C26H28N4O6. The number of carbonyl (C=O) groups excluding carboxylic acids is 2. The van der Waals surface area contributed by atoms with E-state index in [0.717, 1.165) is 14.8 Å². The standard InChI is InChI=1S/C26H28N4O6/c1-3-36-25(33)19-11-8-14-28(17-19)23(31)22-24(32)29(16-18-9-5-4-6-10-18)26(34)30(27-22)20-12-7-13-21(15-20)35-2/h4-7,9-10,12-13,15,19H,3,8,11,14,16-17H2,1-2H3/t19-/m1/s1. The monoisotopic (exact) mass is 492 g/mol. The highest BCUT2D eigenvalue weighted by atomic mass is 16.5. The quantitative estimate of drug-likeness (QED) is 0.463. The van der Waals surface area contributed by atoms with Crippen molar-refractivity contribution < 1.29 is 19.1 Å². The van der Waals surface area contributed by atoms with Gasteiger partial charge in [0, 0.05) is 19.2 Å². The van der Waals surface area contributed by atoms with Gasteiger partial charge in [-0.25, -0.2) is 4.79 Å². The van der Waals surface area contributed by atoms with Gasteiger partial charge in [0.05, 0.1) is 31.9 Å². The van der Waals surface area contributed by atoms with Crippen LogP contribution < -0.4 is 16.0 Å². The van der Waals surface area contributed by atoms with Crippen LogP contribution in [0.3, 0.4) is 0 Å². The SMILES string of the molecule is CCOC(=O)[C@@H]1CCCN(C(=O)c2nn(-c3cccc(OC)c3)c(=O)n(Cc3ccccc3)c2=O)C1. The third-order valence-corrected chi connectivity index (χ3v) is 6.07. The Hall–Kier alpha value is -4.21. The van der Waals surface area contributed by atoms with Crippen LogP contribution in [0, 0.1) is 5.92 Å². The van der Waals surface area contributed by atoms with E-state index in [1.54, 1.807) is 55.5 Å². The van der Waals surface area contributed by atoms with Gasteiger partial charge in [-0.1, -0.05) is 36.4 Å². The number of likely N-dealkylation sites (tertiary alicyclic amines) is 1. The second kappa shape index (κ2) is 11.0. The van der Waals surface area contributed by atoms with Crippen molar-refractivity contribution in [3.8, 4) is 11.4 Å². The summed E-state index contributed by atoms with van der Waals surface area (Å²) < 4.78 is 12.4. The number of methoxy groups -OCH3 is 1. The van der Waals surface area contributed by atoms with Crippen LogP contribution in [0.5, 0.6) is 5.75 Å². The van der Waals surface area contributed by atoms with Gasteiger partial charge >= 0.3 is 11.7 Å². The number of aromatic nitrogens is 3. The summed E-state index contributed by atoms with van der Waals surface area (Å²) in [6, 6.07) is 15.6. The Kier molecular flexibility index (Phi) is 7.62. The van der Waals surface area contributed by atoms with Crippen molar-refractivity contribution in [3.63, 3.8) is 0 Å². The molecule has 10 nitrogen and oxygen atoms in total. The second-order valence-corrected chi connectivity index (χ2v) is 8.46. The highest BCUT2D eigenvalue weighted by Gasteiger charge is 2.32. The maximum absolute atomic E-state index is 13.5. The van der Waals surface area contributed by atoms with E-state index >= 15 is 0 Å². The molecule has 1 amide bonds. The molecule has 10 heteroatoms. The van der Waals surface area contributed by atoms with Crippen LogP contribution in [-0.4, -0.2) is 57.9 Å². The molecule has 1 aromatic heterocycles. The van der Waals surface area contributed by atoms with Gasteiger partial charge in [-0.3, -0.25) is 19.0 Å². The van der Waals surface area contributed by atoms with E-state index in [0.29, 0.717) is 30.8 Å². The lowest BCUT2D eigenvalue weighted by molar-refractivity contribution is -0.149. The molecular weight excluding hydrogens is 464 g/mol. The Balaban J connectivity index is 1.79. The summed E-state index contributed by atoms with van der Waals surface area (Å²) in [6.07, 6.45) is 1.18. The van der Waals surface area contributed by atoms with E-state index in [1.165, 1.54) is 12.0 Å². The zero-order valence-electron chi connectivity index (χ0n) is 20.3. The molecule has 1 aliphatic rings. The molecule has 0 aliphatic carbocycles. The van der Waals surface area contributed by atoms with Crippen LogP contribution in [0.4, 0.5) is 0 Å². The minimum Gasteiger partial charge on any atom is -0.497 e. The van der Waals surface area contributed by atoms with E-state index in [2.05, 4.69) is 5.10 Å². The van der Waals surface area contributed by atoms with E-state index < -0.39 is 28.8 Å². The predicted octanol–water partition coefficient (Wildman–Crippen LogP) is 1.87. The number of esters is 1. The first-order valence-corrected chi connectivity index (χ1v) is 11.8. The molecule has 1 fully saturated rings.